The third-order valence-corrected chi connectivity index (χ3v) is 4.69. The van der Waals surface area contributed by atoms with Crippen molar-refractivity contribution in [2.24, 2.45) is 0 Å². The Morgan fingerprint density at radius 2 is 2.07 bits per heavy atom. The van der Waals surface area contributed by atoms with Crippen molar-refractivity contribution in [1.29, 1.82) is 0 Å². The summed E-state index contributed by atoms with van der Waals surface area (Å²) in [6.45, 7) is 1.26. The van der Waals surface area contributed by atoms with Crippen LogP contribution in [0.4, 0.5) is 0 Å². The van der Waals surface area contributed by atoms with Crippen LogP contribution < -0.4 is 10.1 Å². The first-order chi connectivity index (χ1) is 13.3. The topological polar surface area (TPSA) is 84.9 Å². The second-order valence-electron chi connectivity index (χ2n) is 6.18. The normalized spacial score (nSPS) is 13.6. The van der Waals surface area contributed by atoms with Gasteiger partial charge in [0.2, 0.25) is 0 Å². The zero-order chi connectivity index (χ0) is 20.3. The average Bonchev–Trinajstić information content (AvgIpc) is 2.66. The van der Waals surface area contributed by atoms with Gasteiger partial charge in [0.25, 0.3) is 5.91 Å². The monoisotopic (exact) mass is 421 g/mol. The summed E-state index contributed by atoms with van der Waals surface area (Å²) < 4.78 is 10.5. The van der Waals surface area contributed by atoms with E-state index in [2.05, 4.69) is 5.32 Å². The van der Waals surface area contributed by atoms with Gasteiger partial charge in [-0.25, -0.2) is 4.79 Å². The van der Waals surface area contributed by atoms with Gasteiger partial charge in [0.15, 0.2) is 18.1 Å². The number of rotatable bonds is 5. The standard InChI is InChI=1S/C20H17Cl2NO5/c1-11(15-6-5-14(21)8-16(15)22)23-18(25)10-28-20(26)13-7-12-3-2-4-17(24)19(12)27-9-13/h2-8,11,24H,9-10H2,1H3,(H,23,25). The van der Waals surface area contributed by atoms with Crippen molar-refractivity contribution in [3.63, 3.8) is 0 Å². The number of hydrogen-bond donors (Lipinski definition) is 2. The third-order valence-electron chi connectivity index (χ3n) is 4.13. The zero-order valence-electron chi connectivity index (χ0n) is 14.9. The molecule has 0 saturated carbocycles. The quantitative estimate of drug-likeness (QED) is 0.715. The average molecular weight is 422 g/mol. The molecule has 2 aromatic carbocycles. The van der Waals surface area contributed by atoms with Crippen LogP contribution in [0.5, 0.6) is 11.5 Å². The van der Waals surface area contributed by atoms with E-state index in [1.54, 1.807) is 43.3 Å². The molecule has 6 nitrogen and oxygen atoms in total. The summed E-state index contributed by atoms with van der Waals surface area (Å²) in [6, 6.07) is 9.43. The summed E-state index contributed by atoms with van der Waals surface area (Å²) in [6.07, 6.45) is 1.56. The molecule has 1 aliphatic rings. The molecule has 0 fully saturated rings. The lowest BCUT2D eigenvalue weighted by Crippen LogP contribution is -2.32. The molecule has 3 rings (SSSR count). The number of amides is 1. The number of fused-ring (bicyclic) bond motifs is 1. The third kappa shape index (κ3) is 4.58. The van der Waals surface area contributed by atoms with Gasteiger partial charge in [-0.2, -0.15) is 0 Å². The number of aromatic hydroxyl groups is 1. The number of esters is 1. The van der Waals surface area contributed by atoms with Crippen LogP contribution in [0.15, 0.2) is 42.0 Å². The lowest BCUT2D eigenvalue weighted by atomic mass is 10.1. The number of nitrogens with one attached hydrogen (secondary N) is 1. The largest absolute Gasteiger partial charge is 0.504 e. The van der Waals surface area contributed by atoms with Gasteiger partial charge >= 0.3 is 5.97 Å². The lowest BCUT2D eigenvalue weighted by Gasteiger charge is -2.18. The van der Waals surface area contributed by atoms with Crippen LogP contribution in [0.3, 0.4) is 0 Å². The van der Waals surface area contributed by atoms with Crippen LogP contribution in [0.25, 0.3) is 6.08 Å². The van der Waals surface area contributed by atoms with Crippen LogP contribution in [0.2, 0.25) is 10.0 Å². The predicted octanol–water partition coefficient (Wildman–Crippen LogP) is 3.90. The predicted molar refractivity (Wildman–Crippen MR) is 106 cm³/mol. The summed E-state index contributed by atoms with van der Waals surface area (Å²) >= 11 is 12.0. The van der Waals surface area contributed by atoms with Crippen LogP contribution in [-0.4, -0.2) is 30.2 Å². The fourth-order valence-corrected chi connectivity index (χ4v) is 3.32. The molecule has 146 valence electrons. The minimum Gasteiger partial charge on any atom is -0.504 e. The van der Waals surface area contributed by atoms with E-state index < -0.39 is 18.5 Å². The van der Waals surface area contributed by atoms with Crippen LogP contribution in [0, 0.1) is 0 Å². The Balaban J connectivity index is 1.56. The molecule has 1 heterocycles. The van der Waals surface area contributed by atoms with Gasteiger partial charge in [0.1, 0.15) is 6.61 Å². The van der Waals surface area contributed by atoms with Crippen molar-refractivity contribution in [2.45, 2.75) is 13.0 Å². The molecule has 0 spiro atoms. The van der Waals surface area contributed by atoms with Crippen molar-refractivity contribution in [3.05, 3.63) is 63.1 Å². The number of carbonyl (C=O) groups excluding carboxylic acids is 2. The molecule has 0 saturated heterocycles. The molecule has 1 atom stereocenters. The summed E-state index contributed by atoms with van der Waals surface area (Å²) in [5.74, 6) is -0.829. The Morgan fingerprint density at radius 3 is 2.82 bits per heavy atom. The van der Waals surface area contributed by atoms with Crippen molar-refractivity contribution >= 4 is 41.2 Å². The summed E-state index contributed by atoms with van der Waals surface area (Å²) in [7, 11) is 0. The van der Waals surface area contributed by atoms with Crippen LogP contribution >= 0.6 is 23.2 Å². The summed E-state index contributed by atoms with van der Waals surface area (Å²) in [4.78, 5) is 24.3. The van der Waals surface area contributed by atoms with Crippen molar-refractivity contribution < 1.29 is 24.2 Å². The Kier molecular flexibility index (Phi) is 6.11. The first-order valence-electron chi connectivity index (χ1n) is 8.42. The number of phenols is 1. The summed E-state index contributed by atoms with van der Waals surface area (Å²) in [5, 5.41) is 13.4. The van der Waals surface area contributed by atoms with E-state index in [0.717, 1.165) is 0 Å². The van der Waals surface area contributed by atoms with Crippen molar-refractivity contribution in [1.82, 2.24) is 5.32 Å². The SMILES string of the molecule is CC(NC(=O)COC(=O)C1=Cc2cccc(O)c2OC1)c1ccc(Cl)cc1Cl. The maximum atomic E-state index is 12.2. The second kappa shape index (κ2) is 8.54. The van der Waals surface area contributed by atoms with E-state index in [9.17, 15) is 14.7 Å². The molecular weight excluding hydrogens is 405 g/mol. The smallest absolute Gasteiger partial charge is 0.338 e. The molecular formula is C20H17Cl2NO5. The molecule has 1 amide bonds. The number of phenolic OH excluding ortho intramolecular Hbond substituents is 1. The van der Waals surface area contributed by atoms with Crippen LogP contribution in [-0.2, 0) is 14.3 Å². The fourth-order valence-electron chi connectivity index (χ4n) is 2.75. The minimum atomic E-state index is -0.665. The van der Waals surface area contributed by atoms with E-state index in [4.69, 9.17) is 32.7 Å². The van der Waals surface area contributed by atoms with E-state index in [1.807, 2.05) is 0 Å². The maximum absolute atomic E-state index is 12.2. The molecule has 1 aliphatic heterocycles. The van der Waals surface area contributed by atoms with E-state index in [0.29, 0.717) is 26.9 Å². The van der Waals surface area contributed by atoms with Gasteiger partial charge in [0, 0.05) is 15.6 Å². The van der Waals surface area contributed by atoms with Crippen molar-refractivity contribution in [3.8, 4) is 11.5 Å². The van der Waals surface area contributed by atoms with Gasteiger partial charge in [-0.3, -0.25) is 4.79 Å². The van der Waals surface area contributed by atoms with Gasteiger partial charge < -0.3 is 19.9 Å². The molecule has 2 N–H and O–H groups in total. The van der Waals surface area contributed by atoms with Crippen molar-refractivity contribution in [2.75, 3.05) is 13.2 Å². The zero-order valence-corrected chi connectivity index (χ0v) is 16.4. The Hall–Kier alpha value is -2.70. The Labute approximate surface area is 171 Å². The number of hydrogen-bond acceptors (Lipinski definition) is 5. The molecule has 0 bridgehead atoms. The molecule has 0 radical (unpaired) electrons. The van der Waals surface area contributed by atoms with Crippen LogP contribution in [0.1, 0.15) is 24.1 Å². The Morgan fingerprint density at radius 1 is 1.29 bits per heavy atom. The van der Waals surface area contributed by atoms with E-state index in [1.165, 1.54) is 6.07 Å². The lowest BCUT2D eigenvalue weighted by molar-refractivity contribution is -0.145. The summed E-state index contributed by atoms with van der Waals surface area (Å²) in [5.41, 5.74) is 1.51. The molecule has 0 aliphatic carbocycles. The first kappa shape index (κ1) is 20.0. The van der Waals surface area contributed by atoms with E-state index >= 15 is 0 Å². The number of carbonyl (C=O) groups is 2. The van der Waals surface area contributed by atoms with Gasteiger partial charge in [-0.05, 0) is 36.8 Å². The Bertz CT molecular complexity index is 958. The highest BCUT2D eigenvalue weighted by molar-refractivity contribution is 6.35. The van der Waals surface area contributed by atoms with E-state index in [-0.39, 0.29) is 24.0 Å². The maximum Gasteiger partial charge on any atom is 0.338 e. The number of benzene rings is 2. The fraction of sp³-hybridized carbons (Fsp3) is 0.200. The number of para-hydroxylation sites is 1. The second-order valence-corrected chi connectivity index (χ2v) is 7.03. The number of ether oxygens (including phenoxy) is 2. The number of halogens is 2. The highest BCUT2D eigenvalue weighted by Gasteiger charge is 2.21. The first-order valence-corrected chi connectivity index (χ1v) is 9.17. The van der Waals surface area contributed by atoms with Gasteiger partial charge in [0.05, 0.1) is 11.6 Å². The minimum absolute atomic E-state index is 0.00427. The highest BCUT2D eigenvalue weighted by Crippen LogP contribution is 2.34. The highest BCUT2D eigenvalue weighted by atomic mass is 35.5. The molecule has 2 aromatic rings. The molecule has 8 heteroatoms. The van der Waals surface area contributed by atoms with Gasteiger partial charge in [-0.1, -0.05) is 41.4 Å². The molecule has 28 heavy (non-hydrogen) atoms. The molecule has 0 aromatic heterocycles. The van der Waals surface area contributed by atoms with Gasteiger partial charge in [-0.15, -0.1) is 0 Å². The molecule has 1 unspecified atom stereocenters.